The first-order valence-electron chi connectivity index (χ1n) is 10.7. The Hall–Kier alpha value is -4.06. The van der Waals surface area contributed by atoms with Crippen molar-refractivity contribution in [3.8, 4) is 11.5 Å². The summed E-state index contributed by atoms with van der Waals surface area (Å²) in [5.41, 5.74) is 2.68. The summed E-state index contributed by atoms with van der Waals surface area (Å²) >= 11 is 0. The monoisotopic (exact) mass is 443 g/mol. The van der Waals surface area contributed by atoms with E-state index in [-0.39, 0.29) is 11.3 Å². The molecule has 1 amide bonds. The SMILES string of the molecule is CCOc1ccc(/C(O)=C2\C(=O)C(=O)N(c3cccc(OC)c3)C2c2cccc(C)c2)cc1. The molecule has 0 aliphatic carbocycles. The Balaban J connectivity index is 1.90. The van der Waals surface area contributed by atoms with E-state index in [4.69, 9.17) is 9.47 Å². The molecule has 0 saturated carbocycles. The molecular weight excluding hydrogens is 418 g/mol. The lowest BCUT2D eigenvalue weighted by Gasteiger charge is -2.26. The van der Waals surface area contributed by atoms with Crippen molar-refractivity contribution in [2.75, 3.05) is 18.6 Å². The summed E-state index contributed by atoms with van der Waals surface area (Å²) in [6, 6.07) is 20.5. The van der Waals surface area contributed by atoms with E-state index in [9.17, 15) is 14.7 Å². The number of hydrogen-bond donors (Lipinski definition) is 1. The Morgan fingerprint density at radius 2 is 1.70 bits per heavy atom. The van der Waals surface area contributed by atoms with Crippen molar-refractivity contribution in [1.82, 2.24) is 0 Å². The van der Waals surface area contributed by atoms with Gasteiger partial charge in [-0.25, -0.2) is 0 Å². The lowest BCUT2D eigenvalue weighted by Crippen LogP contribution is -2.29. The zero-order valence-corrected chi connectivity index (χ0v) is 18.7. The molecule has 3 aromatic rings. The summed E-state index contributed by atoms with van der Waals surface area (Å²) in [5.74, 6) is -0.462. The fourth-order valence-electron chi connectivity index (χ4n) is 4.05. The molecule has 168 valence electrons. The first-order chi connectivity index (χ1) is 15.9. The second kappa shape index (κ2) is 9.20. The third-order valence-corrected chi connectivity index (χ3v) is 5.57. The first kappa shape index (κ1) is 22.1. The number of rotatable bonds is 6. The van der Waals surface area contributed by atoms with Crippen LogP contribution in [0.15, 0.2) is 78.4 Å². The third-order valence-electron chi connectivity index (χ3n) is 5.57. The molecule has 6 heteroatoms. The zero-order chi connectivity index (χ0) is 23.5. The Morgan fingerprint density at radius 3 is 2.36 bits per heavy atom. The predicted molar refractivity (Wildman–Crippen MR) is 127 cm³/mol. The standard InChI is InChI=1S/C27H25NO5/c1-4-33-21-13-11-18(12-14-21)25(29)23-24(19-8-5-7-17(2)15-19)28(27(31)26(23)30)20-9-6-10-22(16-20)32-3/h5-16,24,29H,4H2,1-3H3/b25-23+. The van der Waals surface area contributed by atoms with Crippen molar-refractivity contribution in [3.63, 3.8) is 0 Å². The minimum absolute atomic E-state index is 0.0394. The zero-order valence-electron chi connectivity index (χ0n) is 18.7. The topological polar surface area (TPSA) is 76.1 Å². The van der Waals surface area contributed by atoms with Gasteiger partial charge in [0.25, 0.3) is 11.7 Å². The van der Waals surface area contributed by atoms with E-state index in [0.717, 1.165) is 11.1 Å². The molecule has 4 rings (SSSR count). The van der Waals surface area contributed by atoms with Gasteiger partial charge >= 0.3 is 0 Å². The van der Waals surface area contributed by atoms with Crippen molar-refractivity contribution in [2.24, 2.45) is 0 Å². The summed E-state index contributed by atoms with van der Waals surface area (Å²) in [4.78, 5) is 27.9. The van der Waals surface area contributed by atoms with Crippen LogP contribution in [0.5, 0.6) is 11.5 Å². The average molecular weight is 443 g/mol. The van der Waals surface area contributed by atoms with Crippen molar-refractivity contribution >= 4 is 23.1 Å². The maximum absolute atomic E-state index is 13.2. The molecule has 0 radical (unpaired) electrons. The molecule has 1 saturated heterocycles. The number of methoxy groups -OCH3 is 1. The molecule has 1 aliphatic rings. The van der Waals surface area contributed by atoms with Gasteiger partial charge in [0, 0.05) is 17.3 Å². The van der Waals surface area contributed by atoms with E-state index in [1.54, 1.807) is 48.5 Å². The van der Waals surface area contributed by atoms with E-state index in [1.807, 2.05) is 38.1 Å². The molecule has 33 heavy (non-hydrogen) atoms. The Morgan fingerprint density at radius 1 is 0.970 bits per heavy atom. The molecule has 6 nitrogen and oxygen atoms in total. The number of aryl methyl sites for hydroxylation is 1. The number of ether oxygens (including phenoxy) is 2. The van der Waals surface area contributed by atoms with Crippen molar-refractivity contribution in [2.45, 2.75) is 19.9 Å². The van der Waals surface area contributed by atoms with Gasteiger partial charge in [0.15, 0.2) is 0 Å². The molecule has 3 aromatic carbocycles. The second-order valence-electron chi connectivity index (χ2n) is 7.74. The van der Waals surface area contributed by atoms with Crippen LogP contribution in [0.3, 0.4) is 0 Å². The number of benzene rings is 3. The van der Waals surface area contributed by atoms with Crippen molar-refractivity contribution in [3.05, 3.63) is 95.1 Å². The highest BCUT2D eigenvalue weighted by Gasteiger charge is 2.47. The summed E-state index contributed by atoms with van der Waals surface area (Å²) < 4.78 is 10.8. The Kier molecular flexibility index (Phi) is 6.18. The van der Waals surface area contributed by atoms with Gasteiger partial charge in [-0.3, -0.25) is 14.5 Å². The van der Waals surface area contributed by atoms with Crippen molar-refractivity contribution < 1.29 is 24.2 Å². The molecular formula is C27H25NO5. The lowest BCUT2D eigenvalue weighted by molar-refractivity contribution is -0.132. The van der Waals surface area contributed by atoms with E-state index in [2.05, 4.69) is 0 Å². The number of aliphatic hydroxyl groups excluding tert-OH is 1. The number of aliphatic hydroxyl groups is 1. The van der Waals surface area contributed by atoms with Gasteiger partial charge in [-0.2, -0.15) is 0 Å². The predicted octanol–water partition coefficient (Wildman–Crippen LogP) is 5.03. The normalized spacial score (nSPS) is 17.3. The van der Waals surface area contributed by atoms with Gasteiger partial charge in [0.05, 0.1) is 25.3 Å². The first-order valence-corrected chi connectivity index (χ1v) is 10.7. The number of hydrogen-bond acceptors (Lipinski definition) is 5. The van der Waals surface area contributed by atoms with E-state index in [0.29, 0.717) is 29.4 Å². The molecule has 1 heterocycles. The highest BCUT2D eigenvalue weighted by atomic mass is 16.5. The van der Waals surface area contributed by atoms with Gasteiger partial charge in [-0.15, -0.1) is 0 Å². The van der Waals surface area contributed by atoms with Crippen LogP contribution in [0.4, 0.5) is 5.69 Å². The lowest BCUT2D eigenvalue weighted by atomic mass is 9.94. The molecule has 1 N–H and O–H groups in total. The maximum atomic E-state index is 13.2. The number of amides is 1. The smallest absolute Gasteiger partial charge is 0.300 e. The van der Waals surface area contributed by atoms with Gasteiger partial charge in [0.2, 0.25) is 0 Å². The number of nitrogens with zero attached hydrogens (tertiary/aromatic N) is 1. The van der Waals surface area contributed by atoms with Gasteiger partial charge in [-0.05, 0) is 55.8 Å². The van der Waals surface area contributed by atoms with Crippen LogP contribution in [0.2, 0.25) is 0 Å². The highest BCUT2D eigenvalue weighted by Crippen LogP contribution is 2.43. The van der Waals surface area contributed by atoms with Crippen LogP contribution in [0, 0.1) is 6.92 Å². The van der Waals surface area contributed by atoms with E-state index in [1.165, 1.54) is 12.0 Å². The second-order valence-corrected chi connectivity index (χ2v) is 7.74. The summed E-state index contributed by atoms with van der Waals surface area (Å²) in [6.45, 7) is 4.34. The minimum Gasteiger partial charge on any atom is -0.507 e. The number of Topliss-reactive ketones (excluding diaryl/α,β-unsaturated/α-hetero) is 1. The van der Waals surface area contributed by atoms with Crippen LogP contribution in [-0.4, -0.2) is 30.5 Å². The van der Waals surface area contributed by atoms with Crippen LogP contribution < -0.4 is 14.4 Å². The number of carbonyl (C=O) groups is 2. The summed E-state index contributed by atoms with van der Waals surface area (Å²) in [7, 11) is 1.54. The molecule has 1 unspecified atom stereocenters. The minimum atomic E-state index is -0.788. The van der Waals surface area contributed by atoms with E-state index < -0.39 is 17.7 Å². The summed E-state index contributed by atoms with van der Waals surface area (Å²) in [6.07, 6.45) is 0. The van der Waals surface area contributed by atoms with Gasteiger partial charge in [0.1, 0.15) is 17.3 Å². The molecule has 1 atom stereocenters. The maximum Gasteiger partial charge on any atom is 0.300 e. The highest BCUT2D eigenvalue weighted by molar-refractivity contribution is 6.51. The number of carbonyl (C=O) groups excluding carboxylic acids is 2. The fourth-order valence-corrected chi connectivity index (χ4v) is 4.05. The molecule has 0 aromatic heterocycles. The summed E-state index contributed by atoms with van der Waals surface area (Å²) in [5, 5.41) is 11.2. The third kappa shape index (κ3) is 4.20. The molecule has 1 fully saturated rings. The molecule has 0 spiro atoms. The van der Waals surface area contributed by atoms with E-state index >= 15 is 0 Å². The van der Waals surface area contributed by atoms with Crippen LogP contribution >= 0.6 is 0 Å². The fraction of sp³-hybridized carbons (Fsp3) is 0.185. The Labute approximate surface area is 192 Å². The molecule has 0 bridgehead atoms. The molecule has 1 aliphatic heterocycles. The van der Waals surface area contributed by atoms with Gasteiger partial charge in [-0.1, -0.05) is 35.9 Å². The van der Waals surface area contributed by atoms with Crippen LogP contribution in [0.1, 0.15) is 29.7 Å². The number of ketones is 1. The van der Waals surface area contributed by atoms with Crippen LogP contribution in [-0.2, 0) is 9.59 Å². The van der Waals surface area contributed by atoms with Crippen molar-refractivity contribution in [1.29, 1.82) is 0 Å². The Bertz CT molecular complexity index is 1230. The average Bonchev–Trinajstić information content (AvgIpc) is 3.10. The number of anilines is 1. The van der Waals surface area contributed by atoms with Crippen LogP contribution in [0.25, 0.3) is 5.76 Å². The largest absolute Gasteiger partial charge is 0.507 e. The quantitative estimate of drug-likeness (QED) is 0.329. The van der Waals surface area contributed by atoms with Gasteiger partial charge < -0.3 is 14.6 Å².